The van der Waals surface area contributed by atoms with Crippen LogP contribution in [0.15, 0.2) is 30.5 Å². The van der Waals surface area contributed by atoms with Gasteiger partial charge in [-0.05, 0) is 57.9 Å². The number of ether oxygens (including phenoxy) is 2. The third-order valence-electron chi connectivity index (χ3n) is 6.78. The molecular weight excluding hydrogens is 521 g/mol. The zero-order valence-electron chi connectivity index (χ0n) is 23.3. The minimum absolute atomic E-state index is 0.149. The summed E-state index contributed by atoms with van der Waals surface area (Å²) in [4.78, 5) is 47.9. The van der Waals surface area contributed by atoms with Crippen LogP contribution < -0.4 is 10.2 Å². The molecule has 2 aliphatic heterocycles. The van der Waals surface area contributed by atoms with Crippen LogP contribution in [0.4, 0.5) is 15.1 Å². The first-order chi connectivity index (χ1) is 19.0. The minimum Gasteiger partial charge on any atom is -0.467 e. The third-order valence-corrected chi connectivity index (χ3v) is 6.78. The van der Waals surface area contributed by atoms with E-state index in [4.69, 9.17) is 9.47 Å². The van der Waals surface area contributed by atoms with Crippen molar-refractivity contribution in [2.45, 2.75) is 51.3 Å². The van der Waals surface area contributed by atoms with E-state index in [9.17, 15) is 18.8 Å². The Hall–Kier alpha value is -3.87. The Bertz CT molecular complexity index is 1200. The van der Waals surface area contributed by atoms with Gasteiger partial charge in [-0.25, -0.2) is 19.0 Å². The molecule has 0 unspecified atom stereocenters. The van der Waals surface area contributed by atoms with Gasteiger partial charge in [-0.2, -0.15) is 5.10 Å². The van der Waals surface area contributed by atoms with Crippen molar-refractivity contribution in [1.82, 2.24) is 30.3 Å². The molecule has 3 heterocycles. The maximum Gasteiger partial charge on any atom is 0.411 e. The van der Waals surface area contributed by atoms with Gasteiger partial charge in [0.25, 0.3) is 0 Å². The number of benzene rings is 1. The number of methoxy groups -OCH3 is 1. The molecule has 0 spiro atoms. The van der Waals surface area contributed by atoms with Crippen LogP contribution in [-0.4, -0.2) is 107 Å². The second-order valence-corrected chi connectivity index (χ2v) is 10.9. The number of nitrogens with zero attached hydrogens (tertiary/aromatic N) is 6. The molecule has 12 nitrogen and oxygen atoms in total. The molecule has 2 atom stereocenters. The highest BCUT2D eigenvalue weighted by molar-refractivity contribution is 5.82. The summed E-state index contributed by atoms with van der Waals surface area (Å²) in [7, 11) is 1.28. The lowest BCUT2D eigenvalue weighted by molar-refractivity contribution is -0.148. The number of hydrogen-bond donors (Lipinski definition) is 1. The van der Waals surface area contributed by atoms with Crippen molar-refractivity contribution in [3.05, 3.63) is 36.3 Å². The van der Waals surface area contributed by atoms with Crippen LogP contribution in [-0.2, 0) is 19.1 Å². The summed E-state index contributed by atoms with van der Waals surface area (Å²) in [5, 5.41) is 11.2. The van der Waals surface area contributed by atoms with E-state index < -0.39 is 23.7 Å². The number of carbonyl (C=O) groups is 3. The van der Waals surface area contributed by atoms with Gasteiger partial charge in [-0.15, -0.1) is 5.10 Å². The van der Waals surface area contributed by atoms with E-state index in [1.807, 2.05) is 9.80 Å². The fourth-order valence-corrected chi connectivity index (χ4v) is 4.77. The van der Waals surface area contributed by atoms with Crippen LogP contribution in [0.1, 0.15) is 33.6 Å². The lowest BCUT2D eigenvalue weighted by Crippen LogP contribution is -2.57. The van der Waals surface area contributed by atoms with E-state index in [1.165, 1.54) is 24.1 Å². The summed E-state index contributed by atoms with van der Waals surface area (Å²) < 4.78 is 23.6. The molecule has 0 saturated carbocycles. The van der Waals surface area contributed by atoms with Crippen molar-refractivity contribution in [3.63, 3.8) is 0 Å². The monoisotopic (exact) mass is 557 g/mol. The Morgan fingerprint density at radius 1 is 1.07 bits per heavy atom. The summed E-state index contributed by atoms with van der Waals surface area (Å²) in [6.45, 7) is 8.24. The molecule has 40 heavy (non-hydrogen) atoms. The number of esters is 1. The molecule has 0 bridgehead atoms. The first-order valence-corrected chi connectivity index (χ1v) is 13.3. The number of piperazine rings is 1. The number of rotatable bonds is 6. The molecule has 0 aliphatic carbocycles. The number of amides is 2. The van der Waals surface area contributed by atoms with E-state index in [1.54, 1.807) is 39.1 Å². The summed E-state index contributed by atoms with van der Waals surface area (Å²) >= 11 is 0. The van der Waals surface area contributed by atoms with Gasteiger partial charge in [-0.3, -0.25) is 14.6 Å². The zero-order valence-corrected chi connectivity index (χ0v) is 23.3. The number of anilines is 1. The zero-order chi connectivity index (χ0) is 28.9. The molecule has 1 aromatic heterocycles. The van der Waals surface area contributed by atoms with Gasteiger partial charge in [0.2, 0.25) is 11.9 Å². The number of hydrogen-bond acceptors (Lipinski definition) is 10. The quantitative estimate of drug-likeness (QED) is 0.525. The van der Waals surface area contributed by atoms with E-state index in [0.717, 1.165) is 5.56 Å². The first kappa shape index (κ1) is 29.1. The van der Waals surface area contributed by atoms with E-state index >= 15 is 0 Å². The lowest BCUT2D eigenvalue weighted by Gasteiger charge is -2.39. The number of piperidine rings is 1. The van der Waals surface area contributed by atoms with Crippen LogP contribution in [0.5, 0.6) is 0 Å². The van der Waals surface area contributed by atoms with E-state index in [-0.39, 0.29) is 37.3 Å². The molecule has 4 rings (SSSR count). The van der Waals surface area contributed by atoms with Gasteiger partial charge in [-0.1, -0.05) is 0 Å². The van der Waals surface area contributed by atoms with Crippen LogP contribution in [0.25, 0.3) is 11.3 Å². The average molecular weight is 558 g/mol. The van der Waals surface area contributed by atoms with Gasteiger partial charge >= 0.3 is 12.1 Å². The number of nitrogens with one attached hydrogen (secondary N) is 1. The smallest absolute Gasteiger partial charge is 0.411 e. The number of halogens is 1. The highest BCUT2D eigenvalue weighted by Crippen LogP contribution is 2.23. The highest BCUT2D eigenvalue weighted by Gasteiger charge is 2.39. The van der Waals surface area contributed by atoms with Crippen LogP contribution in [0.2, 0.25) is 0 Å². The Labute approximate surface area is 232 Å². The predicted molar refractivity (Wildman–Crippen MR) is 144 cm³/mol. The first-order valence-electron chi connectivity index (χ1n) is 13.3. The number of aromatic nitrogens is 3. The Morgan fingerprint density at radius 2 is 1.77 bits per heavy atom. The van der Waals surface area contributed by atoms with Crippen molar-refractivity contribution in [3.8, 4) is 11.3 Å². The Balaban J connectivity index is 1.27. The maximum absolute atomic E-state index is 13.3. The number of likely N-dealkylation sites (tertiary alicyclic amines) is 1. The molecule has 1 aromatic carbocycles. The molecule has 2 aliphatic rings. The van der Waals surface area contributed by atoms with E-state index in [2.05, 4.69) is 20.5 Å². The van der Waals surface area contributed by atoms with Crippen molar-refractivity contribution in [2.75, 3.05) is 51.3 Å². The summed E-state index contributed by atoms with van der Waals surface area (Å²) in [6.07, 6.45) is 1.72. The SMILES string of the molecule is COC(=O)[C@H]1C[C@@H](NC(=O)CN2CCN(c3nncc(-c4ccc(F)cc4)n3)CC2)CCN1C(=O)OC(C)(C)C. The third kappa shape index (κ3) is 7.62. The second kappa shape index (κ2) is 12.5. The molecule has 2 saturated heterocycles. The maximum atomic E-state index is 13.3. The topological polar surface area (TPSA) is 130 Å². The van der Waals surface area contributed by atoms with Crippen molar-refractivity contribution >= 4 is 23.9 Å². The standard InChI is InChI=1S/C27H36FN7O5/c1-27(2,3)40-26(38)35-10-9-20(15-22(35)24(37)39-4)30-23(36)17-33-11-13-34(14-12-33)25-31-21(16-29-32-25)18-5-7-19(28)8-6-18/h5-8,16,20,22H,9-15,17H2,1-4H3,(H,30,36)/t20-,22+/m0/s1. The second-order valence-electron chi connectivity index (χ2n) is 10.9. The Kier molecular flexibility index (Phi) is 9.13. The van der Waals surface area contributed by atoms with Crippen LogP contribution in [0, 0.1) is 5.82 Å². The molecule has 216 valence electrons. The van der Waals surface area contributed by atoms with Crippen molar-refractivity contribution in [1.29, 1.82) is 0 Å². The predicted octanol–water partition coefficient (Wildman–Crippen LogP) is 1.86. The molecule has 0 radical (unpaired) electrons. The summed E-state index contributed by atoms with van der Waals surface area (Å²) in [6, 6.07) is 4.94. The molecule has 2 fully saturated rings. The van der Waals surface area contributed by atoms with Crippen molar-refractivity contribution in [2.24, 2.45) is 0 Å². The average Bonchev–Trinajstić information content (AvgIpc) is 2.92. The van der Waals surface area contributed by atoms with Gasteiger partial charge in [0.05, 0.1) is 25.5 Å². The van der Waals surface area contributed by atoms with Gasteiger partial charge < -0.3 is 19.7 Å². The van der Waals surface area contributed by atoms with Crippen LogP contribution >= 0.6 is 0 Å². The fraction of sp³-hybridized carbons (Fsp3) is 0.556. The fourth-order valence-electron chi connectivity index (χ4n) is 4.77. The van der Waals surface area contributed by atoms with E-state index in [0.29, 0.717) is 44.2 Å². The highest BCUT2D eigenvalue weighted by atomic mass is 19.1. The lowest BCUT2D eigenvalue weighted by atomic mass is 9.97. The summed E-state index contributed by atoms with van der Waals surface area (Å²) in [5.41, 5.74) is 0.662. The van der Waals surface area contributed by atoms with Crippen molar-refractivity contribution < 1.29 is 28.2 Å². The largest absolute Gasteiger partial charge is 0.467 e. The molecular formula is C27H36FN7O5. The number of carbonyl (C=O) groups excluding carboxylic acids is 3. The molecule has 2 amide bonds. The molecule has 2 aromatic rings. The van der Waals surface area contributed by atoms with Crippen LogP contribution in [0.3, 0.4) is 0 Å². The van der Waals surface area contributed by atoms with Gasteiger partial charge in [0.15, 0.2) is 0 Å². The minimum atomic E-state index is -0.832. The van der Waals surface area contributed by atoms with Gasteiger partial charge in [0.1, 0.15) is 17.5 Å². The molecule has 1 N–H and O–H groups in total. The summed E-state index contributed by atoms with van der Waals surface area (Å²) in [5.74, 6) is -0.526. The van der Waals surface area contributed by atoms with Gasteiger partial charge in [0, 0.05) is 44.3 Å². The molecule has 13 heteroatoms. The Morgan fingerprint density at radius 3 is 2.42 bits per heavy atom. The normalized spacial score (nSPS) is 20.1.